The van der Waals surface area contributed by atoms with Gasteiger partial charge < -0.3 is 9.47 Å². The third kappa shape index (κ3) is 6.36. The van der Waals surface area contributed by atoms with E-state index in [4.69, 9.17) is 9.47 Å². The maximum Gasteiger partial charge on any atom is 0.316 e. The van der Waals surface area contributed by atoms with Crippen LogP contribution >= 0.6 is 0 Å². The monoisotopic (exact) mass is 280 g/mol. The van der Waals surface area contributed by atoms with Crippen LogP contribution in [0.15, 0.2) is 30.3 Å². The summed E-state index contributed by atoms with van der Waals surface area (Å²) >= 11 is 0. The summed E-state index contributed by atoms with van der Waals surface area (Å²) < 4.78 is 9.68. The fourth-order valence-electron chi connectivity index (χ4n) is 1.32. The van der Waals surface area contributed by atoms with Gasteiger partial charge in [-0.05, 0) is 12.5 Å². The Balaban J connectivity index is 0.00000172. The van der Waals surface area contributed by atoms with Crippen LogP contribution in [0.5, 0.6) is 0 Å². The molecule has 0 fully saturated rings. The van der Waals surface area contributed by atoms with E-state index in [1.807, 2.05) is 44.2 Å². The number of hydrogen-bond donors (Lipinski definition) is 0. The topological polar surface area (TPSA) is 52.6 Å². The number of benzene rings is 1. The largest absolute Gasteiger partial charge is 0.428 e. The highest BCUT2D eigenvalue weighted by Gasteiger charge is 2.17. The van der Waals surface area contributed by atoms with Gasteiger partial charge in [0, 0.05) is 0 Å². The van der Waals surface area contributed by atoms with E-state index < -0.39 is 5.97 Å². The molecular formula is C16H24O4. The van der Waals surface area contributed by atoms with Crippen molar-refractivity contribution in [1.29, 1.82) is 0 Å². The summed E-state index contributed by atoms with van der Waals surface area (Å²) in [5.41, 5.74) is 0.873. The lowest BCUT2D eigenvalue weighted by Gasteiger charge is -2.12. The van der Waals surface area contributed by atoms with Crippen molar-refractivity contribution >= 4 is 11.9 Å². The molecule has 1 atom stereocenters. The fourth-order valence-corrected chi connectivity index (χ4v) is 1.32. The van der Waals surface area contributed by atoms with Crippen molar-refractivity contribution in [3.05, 3.63) is 35.9 Å². The van der Waals surface area contributed by atoms with Gasteiger partial charge in [0.05, 0.1) is 11.8 Å². The summed E-state index contributed by atoms with van der Waals surface area (Å²) in [6.07, 6.45) is 0. The standard InChI is InChI=1S/C14H18O4.C2H6/c1-10(2)13(15)17-9-18-14(16)11(3)12-7-5-4-6-8-12;1-2/h4-8,10-11H,9H2,1-3H3;1-2H3. The molecule has 0 aliphatic heterocycles. The Hall–Kier alpha value is -1.84. The molecule has 0 saturated heterocycles. The van der Waals surface area contributed by atoms with Crippen LogP contribution in [-0.2, 0) is 19.1 Å². The molecule has 0 N–H and O–H groups in total. The van der Waals surface area contributed by atoms with Crippen LogP contribution < -0.4 is 0 Å². The quantitative estimate of drug-likeness (QED) is 0.611. The Morgan fingerprint density at radius 2 is 1.45 bits per heavy atom. The first-order valence-electron chi connectivity index (χ1n) is 6.90. The number of hydrogen-bond acceptors (Lipinski definition) is 4. The molecule has 1 aromatic rings. The molecule has 4 heteroatoms. The van der Waals surface area contributed by atoms with Crippen LogP contribution in [0.3, 0.4) is 0 Å². The molecular weight excluding hydrogens is 256 g/mol. The number of rotatable bonds is 5. The van der Waals surface area contributed by atoms with E-state index in [1.165, 1.54) is 0 Å². The Morgan fingerprint density at radius 3 is 1.95 bits per heavy atom. The van der Waals surface area contributed by atoms with Crippen LogP contribution in [0.1, 0.15) is 46.1 Å². The van der Waals surface area contributed by atoms with Gasteiger partial charge in [-0.3, -0.25) is 9.59 Å². The predicted octanol–water partition coefficient (Wildman–Crippen LogP) is 3.52. The first kappa shape index (κ1) is 18.2. The molecule has 0 heterocycles. The van der Waals surface area contributed by atoms with Crippen LogP contribution in [0, 0.1) is 5.92 Å². The summed E-state index contributed by atoms with van der Waals surface area (Å²) in [6.45, 7) is 8.86. The minimum atomic E-state index is -0.405. The normalized spacial score (nSPS) is 11.1. The minimum Gasteiger partial charge on any atom is -0.428 e. The van der Waals surface area contributed by atoms with Crippen molar-refractivity contribution in [1.82, 2.24) is 0 Å². The van der Waals surface area contributed by atoms with Crippen molar-refractivity contribution in [2.45, 2.75) is 40.5 Å². The van der Waals surface area contributed by atoms with E-state index in [1.54, 1.807) is 20.8 Å². The highest BCUT2D eigenvalue weighted by atomic mass is 16.7. The van der Waals surface area contributed by atoms with Crippen LogP contribution in [0.4, 0.5) is 0 Å². The lowest BCUT2D eigenvalue weighted by molar-refractivity contribution is -0.170. The molecule has 20 heavy (non-hydrogen) atoms. The van der Waals surface area contributed by atoms with Gasteiger partial charge in [-0.2, -0.15) is 0 Å². The van der Waals surface area contributed by atoms with E-state index in [0.29, 0.717) is 0 Å². The molecule has 0 aliphatic rings. The molecule has 4 nitrogen and oxygen atoms in total. The molecule has 0 bridgehead atoms. The molecule has 112 valence electrons. The minimum absolute atomic E-state index is 0.227. The second-order valence-electron chi connectivity index (χ2n) is 4.33. The van der Waals surface area contributed by atoms with E-state index >= 15 is 0 Å². The van der Waals surface area contributed by atoms with Gasteiger partial charge in [0.25, 0.3) is 0 Å². The maximum atomic E-state index is 11.7. The van der Waals surface area contributed by atoms with Gasteiger partial charge in [-0.25, -0.2) is 0 Å². The van der Waals surface area contributed by atoms with E-state index in [9.17, 15) is 9.59 Å². The maximum absolute atomic E-state index is 11.7. The van der Waals surface area contributed by atoms with Crippen molar-refractivity contribution in [3.8, 4) is 0 Å². The Bertz CT molecular complexity index is 398. The summed E-state index contributed by atoms with van der Waals surface area (Å²) in [5.74, 6) is -1.38. The second-order valence-corrected chi connectivity index (χ2v) is 4.33. The molecule has 1 aromatic carbocycles. The zero-order valence-electron chi connectivity index (χ0n) is 12.9. The average Bonchev–Trinajstić information content (AvgIpc) is 2.49. The molecule has 0 aliphatic carbocycles. The van der Waals surface area contributed by atoms with Gasteiger partial charge in [-0.1, -0.05) is 58.0 Å². The Morgan fingerprint density at radius 1 is 0.950 bits per heavy atom. The van der Waals surface area contributed by atoms with E-state index in [2.05, 4.69) is 0 Å². The van der Waals surface area contributed by atoms with Gasteiger partial charge in [0.2, 0.25) is 6.79 Å². The van der Waals surface area contributed by atoms with Crippen LogP contribution in [0.2, 0.25) is 0 Å². The number of carbonyl (C=O) groups excluding carboxylic acids is 2. The van der Waals surface area contributed by atoms with Crippen molar-refractivity contribution in [3.63, 3.8) is 0 Å². The van der Waals surface area contributed by atoms with E-state index in [0.717, 1.165) is 5.56 Å². The first-order chi connectivity index (χ1) is 9.52. The fraction of sp³-hybridized carbons (Fsp3) is 0.500. The Labute approximate surface area is 121 Å². The smallest absolute Gasteiger partial charge is 0.316 e. The van der Waals surface area contributed by atoms with Gasteiger partial charge in [0.15, 0.2) is 0 Å². The summed E-state index contributed by atoms with van der Waals surface area (Å²) in [7, 11) is 0. The summed E-state index contributed by atoms with van der Waals surface area (Å²) in [6, 6.07) is 9.31. The third-order valence-corrected chi connectivity index (χ3v) is 2.53. The molecule has 0 amide bonds. The molecule has 0 spiro atoms. The first-order valence-corrected chi connectivity index (χ1v) is 6.90. The van der Waals surface area contributed by atoms with Gasteiger partial charge >= 0.3 is 11.9 Å². The second kappa shape index (κ2) is 10.0. The van der Waals surface area contributed by atoms with Crippen molar-refractivity contribution < 1.29 is 19.1 Å². The lowest BCUT2D eigenvalue weighted by Crippen LogP contribution is -2.19. The molecule has 1 unspecified atom stereocenters. The summed E-state index contributed by atoms with van der Waals surface area (Å²) in [4.78, 5) is 22.8. The van der Waals surface area contributed by atoms with Crippen LogP contribution in [-0.4, -0.2) is 18.7 Å². The number of ether oxygens (including phenoxy) is 2. The van der Waals surface area contributed by atoms with Crippen molar-refractivity contribution in [2.75, 3.05) is 6.79 Å². The van der Waals surface area contributed by atoms with E-state index in [-0.39, 0.29) is 24.6 Å². The number of carbonyl (C=O) groups is 2. The SMILES string of the molecule is CC.CC(C)C(=O)OCOC(=O)C(C)c1ccccc1. The highest BCUT2D eigenvalue weighted by Crippen LogP contribution is 2.16. The third-order valence-electron chi connectivity index (χ3n) is 2.53. The average molecular weight is 280 g/mol. The molecule has 1 rings (SSSR count). The van der Waals surface area contributed by atoms with Crippen LogP contribution in [0.25, 0.3) is 0 Å². The lowest BCUT2D eigenvalue weighted by atomic mass is 10.0. The van der Waals surface area contributed by atoms with Gasteiger partial charge in [0.1, 0.15) is 0 Å². The summed E-state index contributed by atoms with van der Waals surface area (Å²) in [5, 5.41) is 0. The van der Waals surface area contributed by atoms with Crippen molar-refractivity contribution in [2.24, 2.45) is 5.92 Å². The predicted molar refractivity (Wildman–Crippen MR) is 78.1 cm³/mol. The Kier molecular flexibility index (Phi) is 9.09. The highest BCUT2D eigenvalue weighted by molar-refractivity contribution is 5.77. The molecule has 0 saturated carbocycles. The zero-order valence-corrected chi connectivity index (χ0v) is 12.9. The van der Waals surface area contributed by atoms with Gasteiger partial charge in [-0.15, -0.1) is 0 Å². The zero-order chi connectivity index (χ0) is 15.5. The number of esters is 2. The molecule has 0 aromatic heterocycles. The molecule has 0 radical (unpaired) electrons.